The highest BCUT2D eigenvalue weighted by Crippen LogP contribution is 2.30. The molecule has 0 aliphatic carbocycles. The highest BCUT2D eigenvalue weighted by atomic mass is 35.5. The van der Waals surface area contributed by atoms with E-state index in [0.717, 1.165) is 11.6 Å². The van der Waals surface area contributed by atoms with Gasteiger partial charge in [0.05, 0.1) is 35.9 Å². The Labute approximate surface area is 154 Å². The maximum Gasteiger partial charge on any atom is 0.272 e. The van der Waals surface area contributed by atoms with Gasteiger partial charge in [-0.15, -0.1) is 0 Å². The van der Waals surface area contributed by atoms with Crippen LogP contribution in [-0.4, -0.2) is 31.3 Å². The van der Waals surface area contributed by atoms with Crippen LogP contribution in [0.2, 0.25) is 5.02 Å². The number of halogens is 1. The summed E-state index contributed by atoms with van der Waals surface area (Å²) < 4.78 is 10.6. The fourth-order valence-corrected chi connectivity index (χ4v) is 2.57. The van der Waals surface area contributed by atoms with Gasteiger partial charge in [0.1, 0.15) is 11.5 Å². The predicted octanol–water partition coefficient (Wildman–Crippen LogP) is 3.34. The molecule has 2 aromatic rings. The molecule has 0 saturated heterocycles. The Hall–Kier alpha value is -3.13. The second-order valence-corrected chi connectivity index (χ2v) is 5.54. The maximum absolute atomic E-state index is 12.1. The van der Waals surface area contributed by atoms with Crippen molar-refractivity contribution in [3.63, 3.8) is 0 Å². The van der Waals surface area contributed by atoms with Crippen LogP contribution in [0.25, 0.3) is 0 Å². The van der Waals surface area contributed by atoms with Gasteiger partial charge in [0.25, 0.3) is 11.6 Å². The summed E-state index contributed by atoms with van der Waals surface area (Å²) in [4.78, 5) is 22.2. The first-order valence-electron chi connectivity index (χ1n) is 7.38. The molecular formula is C17H16ClN3O5. The SMILES string of the molecule is COc1ccc(C=NNC(=O)c2ccc([N+](=O)[O-])cc2Cl)c(OC)c1C. The minimum Gasteiger partial charge on any atom is -0.496 e. The van der Waals surface area contributed by atoms with E-state index < -0.39 is 10.8 Å². The zero-order valence-electron chi connectivity index (χ0n) is 14.3. The van der Waals surface area contributed by atoms with Crippen molar-refractivity contribution < 1.29 is 19.2 Å². The van der Waals surface area contributed by atoms with Gasteiger partial charge in [-0.25, -0.2) is 5.43 Å². The number of amides is 1. The lowest BCUT2D eigenvalue weighted by atomic mass is 10.1. The van der Waals surface area contributed by atoms with Crippen LogP contribution in [0.5, 0.6) is 11.5 Å². The Morgan fingerprint density at radius 1 is 1.27 bits per heavy atom. The Balaban J connectivity index is 2.17. The number of carbonyl (C=O) groups is 1. The maximum atomic E-state index is 12.1. The van der Waals surface area contributed by atoms with Crippen LogP contribution in [0.15, 0.2) is 35.4 Å². The van der Waals surface area contributed by atoms with E-state index in [1.54, 1.807) is 19.2 Å². The molecule has 2 rings (SSSR count). The van der Waals surface area contributed by atoms with Gasteiger partial charge in [-0.05, 0) is 25.1 Å². The van der Waals surface area contributed by atoms with E-state index in [1.165, 1.54) is 25.5 Å². The van der Waals surface area contributed by atoms with Crippen LogP contribution in [-0.2, 0) is 0 Å². The van der Waals surface area contributed by atoms with Gasteiger partial charge >= 0.3 is 0 Å². The van der Waals surface area contributed by atoms with E-state index in [-0.39, 0.29) is 16.3 Å². The second-order valence-electron chi connectivity index (χ2n) is 5.14. The summed E-state index contributed by atoms with van der Waals surface area (Å²) in [5.74, 6) is 0.641. The van der Waals surface area contributed by atoms with Crippen molar-refractivity contribution in [1.29, 1.82) is 0 Å². The zero-order chi connectivity index (χ0) is 19.3. The van der Waals surface area contributed by atoms with E-state index in [1.807, 2.05) is 6.92 Å². The molecule has 136 valence electrons. The molecule has 0 saturated carbocycles. The fraction of sp³-hybridized carbons (Fsp3) is 0.176. The first-order valence-corrected chi connectivity index (χ1v) is 7.75. The third kappa shape index (κ3) is 4.09. The minimum absolute atomic E-state index is 0.0372. The third-order valence-corrected chi connectivity index (χ3v) is 3.90. The summed E-state index contributed by atoms with van der Waals surface area (Å²) in [6.07, 6.45) is 1.42. The van der Waals surface area contributed by atoms with Crippen LogP contribution in [0.4, 0.5) is 5.69 Å². The molecule has 9 heteroatoms. The number of rotatable bonds is 6. The number of benzene rings is 2. The number of carbonyl (C=O) groups excluding carboxylic acids is 1. The summed E-state index contributed by atoms with van der Waals surface area (Å²) in [6.45, 7) is 1.84. The molecule has 0 aliphatic rings. The number of methoxy groups -OCH3 is 2. The average Bonchev–Trinajstić information content (AvgIpc) is 2.61. The first-order chi connectivity index (χ1) is 12.4. The third-order valence-electron chi connectivity index (χ3n) is 3.59. The number of ether oxygens (including phenoxy) is 2. The molecular weight excluding hydrogens is 362 g/mol. The van der Waals surface area contributed by atoms with E-state index >= 15 is 0 Å². The molecule has 1 N–H and O–H groups in total. The van der Waals surface area contributed by atoms with Crippen LogP contribution in [0.1, 0.15) is 21.5 Å². The molecule has 0 heterocycles. The summed E-state index contributed by atoms with van der Waals surface area (Å²) in [5, 5.41) is 14.5. The molecule has 0 unspecified atom stereocenters. The van der Waals surface area contributed by atoms with Gasteiger partial charge in [0.15, 0.2) is 0 Å². The summed E-state index contributed by atoms with van der Waals surface area (Å²) in [7, 11) is 3.08. The van der Waals surface area contributed by atoms with Gasteiger partial charge in [0, 0.05) is 23.3 Å². The van der Waals surface area contributed by atoms with Crippen LogP contribution in [0, 0.1) is 17.0 Å². The second kappa shape index (κ2) is 8.30. The molecule has 0 spiro atoms. The number of non-ortho nitro benzene ring substituents is 1. The van der Waals surface area contributed by atoms with Gasteiger partial charge in [-0.3, -0.25) is 14.9 Å². The van der Waals surface area contributed by atoms with Crippen molar-refractivity contribution in [3.8, 4) is 11.5 Å². The molecule has 0 aromatic heterocycles. The smallest absolute Gasteiger partial charge is 0.272 e. The van der Waals surface area contributed by atoms with Crippen molar-refractivity contribution in [2.24, 2.45) is 5.10 Å². The minimum atomic E-state index is -0.593. The molecule has 0 radical (unpaired) electrons. The summed E-state index contributed by atoms with van der Waals surface area (Å²) in [5.41, 5.74) is 3.64. The van der Waals surface area contributed by atoms with E-state index in [2.05, 4.69) is 10.5 Å². The topological polar surface area (TPSA) is 103 Å². The van der Waals surface area contributed by atoms with Crippen molar-refractivity contribution in [2.45, 2.75) is 6.92 Å². The Morgan fingerprint density at radius 2 is 2.00 bits per heavy atom. The standard InChI is InChI=1S/C17H16ClN3O5/c1-10-15(25-2)7-4-11(16(10)26-3)9-19-20-17(22)13-6-5-12(21(23)24)8-14(13)18/h4-9H,1-3H3,(H,20,22). The van der Waals surface area contributed by atoms with Gasteiger partial charge in [-0.1, -0.05) is 11.6 Å². The molecule has 2 aromatic carbocycles. The molecule has 0 fully saturated rings. The van der Waals surface area contributed by atoms with E-state index in [0.29, 0.717) is 17.1 Å². The number of nitro benzene ring substituents is 1. The fourth-order valence-electron chi connectivity index (χ4n) is 2.31. The van der Waals surface area contributed by atoms with Crippen LogP contribution in [0.3, 0.4) is 0 Å². The van der Waals surface area contributed by atoms with E-state index in [4.69, 9.17) is 21.1 Å². The van der Waals surface area contributed by atoms with Gasteiger partial charge < -0.3 is 9.47 Å². The zero-order valence-corrected chi connectivity index (χ0v) is 15.0. The van der Waals surface area contributed by atoms with Crippen molar-refractivity contribution in [1.82, 2.24) is 5.43 Å². The Bertz CT molecular complexity index is 883. The molecule has 0 atom stereocenters. The van der Waals surface area contributed by atoms with Crippen molar-refractivity contribution >= 4 is 29.4 Å². The highest BCUT2D eigenvalue weighted by molar-refractivity contribution is 6.34. The lowest BCUT2D eigenvalue weighted by Crippen LogP contribution is -2.18. The molecule has 1 amide bonds. The Morgan fingerprint density at radius 3 is 2.58 bits per heavy atom. The lowest BCUT2D eigenvalue weighted by Gasteiger charge is -2.12. The normalized spacial score (nSPS) is 10.6. The number of nitrogens with one attached hydrogen (secondary N) is 1. The molecule has 0 bridgehead atoms. The van der Waals surface area contributed by atoms with E-state index in [9.17, 15) is 14.9 Å². The largest absolute Gasteiger partial charge is 0.496 e. The number of hydrogen-bond donors (Lipinski definition) is 1. The number of nitro groups is 1. The molecule has 0 aliphatic heterocycles. The van der Waals surface area contributed by atoms with Gasteiger partial charge in [-0.2, -0.15) is 5.10 Å². The molecule has 8 nitrogen and oxygen atoms in total. The number of nitrogens with zero attached hydrogens (tertiary/aromatic N) is 2. The monoisotopic (exact) mass is 377 g/mol. The van der Waals surface area contributed by atoms with Gasteiger partial charge in [0.2, 0.25) is 0 Å². The van der Waals surface area contributed by atoms with Crippen molar-refractivity contribution in [2.75, 3.05) is 14.2 Å². The van der Waals surface area contributed by atoms with Crippen LogP contribution >= 0.6 is 11.6 Å². The molecule has 26 heavy (non-hydrogen) atoms. The lowest BCUT2D eigenvalue weighted by molar-refractivity contribution is -0.384. The predicted molar refractivity (Wildman–Crippen MR) is 97.4 cm³/mol. The Kier molecular flexibility index (Phi) is 6.13. The first kappa shape index (κ1) is 19.2. The van der Waals surface area contributed by atoms with Crippen molar-refractivity contribution in [3.05, 3.63) is 62.2 Å². The van der Waals surface area contributed by atoms with Crippen LogP contribution < -0.4 is 14.9 Å². The average molecular weight is 378 g/mol. The highest BCUT2D eigenvalue weighted by Gasteiger charge is 2.15. The quantitative estimate of drug-likeness (QED) is 0.472. The number of hydrogen-bond acceptors (Lipinski definition) is 6. The number of hydrazone groups is 1. The summed E-state index contributed by atoms with van der Waals surface area (Å²) >= 11 is 5.92. The summed E-state index contributed by atoms with van der Waals surface area (Å²) in [6, 6.07) is 7.06.